The highest BCUT2D eigenvalue weighted by atomic mass is 16.2. The molecule has 1 amide bonds. The lowest BCUT2D eigenvalue weighted by Crippen LogP contribution is -2.33. The lowest BCUT2D eigenvalue weighted by Gasteiger charge is -2.16. The third kappa shape index (κ3) is 2.82. The zero-order valence-electron chi connectivity index (χ0n) is 10.4. The first-order valence-corrected chi connectivity index (χ1v) is 5.53. The number of nitrogens with one attached hydrogen (secondary N) is 1. The Balaban J connectivity index is 2.75. The minimum atomic E-state index is 0.0185. The Labute approximate surface area is 96.4 Å². The molecule has 0 spiro atoms. The van der Waals surface area contributed by atoms with Crippen molar-refractivity contribution in [3.63, 3.8) is 0 Å². The van der Waals surface area contributed by atoms with E-state index in [1.165, 1.54) is 0 Å². The fourth-order valence-corrected chi connectivity index (χ4v) is 1.48. The van der Waals surface area contributed by atoms with Crippen LogP contribution in [0.5, 0.6) is 0 Å². The zero-order chi connectivity index (χ0) is 12.1. The molecule has 1 N–H and O–H groups in total. The summed E-state index contributed by atoms with van der Waals surface area (Å²) >= 11 is 0. The van der Waals surface area contributed by atoms with Crippen LogP contribution in [0, 0.1) is 0 Å². The fourth-order valence-electron chi connectivity index (χ4n) is 1.48. The second-order valence-corrected chi connectivity index (χ2v) is 3.83. The number of nitrogens with zero attached hydrogens (tertiary/aromatic N) is 3. The van der Waals surface area contributed by atoms with Crippen LogP contribution < -0.4 is 5.32 Å². The quantitative estimate of drug-likeness (QED) is 0.781. The third-order valence-electron chi connectivity index (χ3n) is 2.56. The van der Waals surface area contributed by atoms with Gasteiger partial charge < -0.3 is 10.2 Å². The molecule has 0 aliphatic heterocycles. The average Bonchev–Trinajstić information content (AvgIpc) is 2.66. The van der Waals surface area contributed by atoms with E-state index in [0.29, 0.717) is 12.2 Å². The SMILES string of the molecule is CCc1cc(C(=O)N(C)CCNC)n(C)n1. The van der Waals surface area contributed by atoms with Crippen LogP contribution in [0.4, 0.5) is 0 Å². The van der Waals surface area contributed by atoms with Crippen molar-refractivity contribution >= 4 is 5.91 Å². The summed E-state index contributed by atoms with van der Waals surface area (Å²) in [6.45, 7) is 3.52. The number of hydrogen-bond acceptors (Lipinski definition) is 3. The van der Waals surface area contributed by atoms with E-state index in [9.17, 15) is 4.79 Å². The van der Waals surface area contributed by atoms with Gasteiger partial charge in [0.25, 0.3) is 5.91 Å². The van der Waals surface area contributed by atoms with Crippen LogP contribution in [0.25, 0.3) is 0 Å². The summed E-state index contributed by atoms with van der Waals surface area (Å²) in [6, 6.07) is 1.86. The average molecular weight is 224 g/mol. The number of aryl methyl sites for hydroxylation is 2. The summed E-state index contributed by atoms with van der Waals surface area (Å²) in [5.41, 5.74) is 1.60. The molecule has 0 aliphatic carbocycles. The van der Waals surface area contributed by atoms with Crippen molar-refractivity contribution in [1.82, 2.24) is 20.0 Å². The lowest BCUT2D eigenvalue weighted by molar-refractivity contribution is 0.0786. The van der Waals surface area contributed by atoms with Gasteiger partial charge in [-0.2, -0.15) is 5.10 Å². The molecule has 90 valence electrons. The van der Waals surface area contributed by atoms with E-state index in [0.717, 1.165) is 18.7 Å². The van der Waals surface area contributed by atoms with Gasteiger partial charge in [0, 0.05) is 27.2 Å². The van der Waals surface area contributed by atoms with Gasteiger partial charge in [-0.15, -0.1) is 0 Å². The highest BCUT2D eigenvalue weighted by molar-refractivity contribution is 5.92. The van der Waals surface area contributed by atoms with Crippen LogP contribution in [0.3, 0.4) is 0 Å². The van der Waals surface area contributed by atoms with E-state index >= 15 is 0 Å². The third-order valence-corrected chi connectivity index (χ3v) is 2.56. The molecule has 0 aromatic carbocycles. The highest BCUT2D eigenvalue weighted by Gasteiger charge is 2.16. The standard InChI is InChI=1S/C11H20N4O/c1-5-9-8-10(15(4)13-9)11(16)14(3)7-6-12-2/h8,12H,5-7H2,1-4H3. The minimum Gasteiger partial charge on any atom is -0.339 e. The fraction of sp³-hybridized carbons (Fsp3) is 0.636. The minimum absolute atomic E-state index is 0.0185. The molecule has 1 heterocycles. The predicted molar refractivity (Wildman–Crippen MR) is 63.5 cm³/mol. The van der Waals surface area contributed by atoms with Gasteiger partial charge in [0.1, 0.15) is 5.69 Å². The Morgan fingerprint density at radius 3 is 2.81 bits per heavy atom. The Morgan fingerprint density at radius 2 is 2.31 bits per heavy atom. The molecule has 1 aromatic heterocycles. The van der Waals surface area contributed by atoms with E-state index in [1.807, 2.05) is 20.0 Å². The maximum Gasteiger partial charge on any atom is 0.271 e. The number of hydrogen-bond donors (Lipinski definition) is 1. The molecule has 0 fully saturated rings. The summed E-state index contributed by atoms with van der Waals surface area (Å²) < 4.78 is 1.65. The summed E-state index contributed by atoms with van der Waals surface area (Å²) in [5, 5.41) is 7.29. The summed E-state index contributed by atoms with van der Waals surface area (Å²) in [4.78, 5) is 13.7. The van der Waals surface area contributed by atoms with Gasteiger partial charge in [-0.05, 0) is 19.5 Å². The van der Waals surface area contributed by atoms with Gasteiger partial charge in [0.15, 0.2) is 0 Å². The van der Waals surface area contributed by atoms with E-state index in [1.54, 1.807) is 23.7 Å². The van der Waals surface area contributed by atoms with Crippen molar-refractivity contribution < 1.29 is 4.79 Å². The number of amides is 1. The van der Waals surface area contributed by atoms with Crippen LogP contribution in [0.15, 0.2) is 6.07 Å². The Hall–Kier alpha value is -1.36. The molecule has 0 atom stereocenters. The molecule has 16 heavy (non-hydrogen) atoms. The molecule has 0 radical (unpaired) electrons. The van der Waals surface area contributed by atoms with Crippen molar-refractivity contribution in [3.05, 3.63) is 17.5 Å². The van der Waals surface area contributed by atoms with E-state index in [-0.39, 0.29) is 5.91 Å². The first-order valence-electron chi connectivity index (χ1n) is 5.53. The molecule has 0 bridgehead atoms. The normalized spacial score (nSPS) is 10.5. The Kier molecular flexibility index (Phi) is 4.49. The van der Waals surface area contributed by atoms with Crippen molar-refractivity contribution in [1.29, 1.82) is 0 Å². The molecular formula is C11H20N4O. The monoisotopic (exact) mass is 224 g/mol. The zero-order valence-corrected chi connectivity index (χ0v) is 10.4. The molecule has 5 heteroatoms. The largest absolute Gasteiger partial charge is 0.339 e. The maximum atomic E-state index is 12.0. The van der Waals surface area contributed by atoms with Crippen LogP contribution in [-0.4, -0.2) is 47.8 Å². The van der Waals surface area contributed by atoms with Gasteiger partial charge in [-0.3, -0.25) is 9.48 Å². The number of carbonyl (C=O) groups excluding carboxylic acids is 1. The number of carbonyl (C=O) groups is 1. The molecule has 0 unspecified atom stereocenters. The second kappa shape index (κ2) is 5.65. The van der Waals surface area contributed by atoms with Crippen molar-refractivity contribution in [2.75, 3.05) is 27.2 Å². The highest BCUT2D eigenvalue weighted by Crippen LogP contribution is 2.06. The van der Waals surface area contributed by atoms with Crippen LogP contribution in [-0.2, 0) is 13.5 Å². The molecule has 0 saturated heterocycles. The van der Waals surface area contributed by atoms with Gasteiger partial charge in [0.05, 0.1) is 5.69 Å². The summed E-state index contributed by atoms with van der Waals surface area (Å²) in [6.07, 6.45) is 0.849. The summed E-state index contributed by atoms with van der Waals surface area (Å²) in [5.74, 6) is 0.0185. The van der Waals surface area contributed by atoms with Gasteiger partial charge >= 0.3 is 0 Å². The molecular weight excluding hydrogens is 204 g/mol. The van der Waals surface area contributed by atoms with E-state index in [4.69, 9.17) is 0 Å². The first-order chi connectivity index (χ1) is 7.60. The van der Waals surface area contributed by atoms with Crippen molar-refractivity contribution in [2.24, 2.45) is 7.05 Å². The molecule has 0 saturated carbocycles. The second-order valence-electron chi connectivity index (χ2n) is 3.83. The van der Waals surface area contributed by atoms with E-state index in [2.05, 4.69) is 10.4 Å². The smallest absolute Gasteiger partial charge is 0.271 e. The van der Waals surface area contributed by atoms with Gasteiger partial charge in [-0.1, -0.05) is 6.92 Å². The van der Waals surface area contributed by atoms with Crippen LogP contribution in [0.2, 0.25) is 0 Å². The van der Waals surface area contributed by atoms with E-state index < -0.39 is 0 Å². The summed E-state index contributed by atoms with van der Waals surface area (Å²) in [7, 11) is 5.48. The first kappa shape index (κ1) is 12.7. The Morgan fingerprint density at radius 1 is 1.62 bits per heavy atom. The maximum absolute atomic E-state index is 12.0. The van der Waals surface area contributed by atoms with Crippen LogP contribution >= 0.6 is 0 Å². The van der Waals surface area contributed by atoms with Gasteiger partial charge in [0.2, 0.25) is 0 Å². The predicted octanol–water partition coefficient (Wildman–Crippen LogP) is 0.274. The molecule has 5 nitrogen and oxygen atoms in total. The van der Waals surface area contributed by atoms with Gasteiger partial charge in [-0.25, -0.2) is 0 Å². The molecule has 1 aromatic rings. The number of aromatic nitrogens is 2. The number of rotatable bonds is 5. The van der Waals surface area contributed by atoms with Crippen molar-refractivity contribution in [2.45, 2.75) is 13.3 Å². The topological polar surface area (TPSA) is 50.2 Å². The Bertz CT molecular complexity index is 359. The molecule has 0 aliphatic rings. The number of likely N-dealkylation sites (N-methyl/N-ethyl adjacent to an activating group) is 2. The lowest BCUT2D eigenvalue weighted by atomic mass is 10.3. The van der Waals surface area contributed by atoms with Crippen LogP contribution in [0.1, 0.15) is 23.1 Å². The molecule has 1 rings (SSSR count). The van der Waals surface area contributed by atoms with Crippen molar-refractivity contribution in [3.8, 4) is 0 Å².